The lowest BCUT2D eigenvalue weighted by Gasteiger charge is -2.11. The Kier molecular flexibility index (Phi) is 6.67. The molecule has 2 aromatic rings. The quantitative estimate of drug-likeness (QED) is 0.724. The van der Waals surface area contributed by atoms with Gasteiger partial charge in [0.05, 0.1) is 17.2 Å². The van der Waals surface area contributed by atoms with Gasteiger partial charge in [-0.05, 0) is 42.3 Å². The molecule has 7 heteroatoms. The smallest absolute Gasteiger partial charge is 0.411 e. The summed E-state index contributed by atoms with van der Waals surface area (Å²) in [5.74, 6) is -0.147. The summed E-state index contributed by atoms with van der Waals surface area (Å²) in [5, 5.41) is 6.04. The second-order valence-corrected chi connectivity index (χ2v) is 6.62. The van der Waals surface area contributed by atoms with Gasteiger partial charge in [-0.15, -0.1) is 0 Å². The third kappa shape index (κ3) is 5.96. The Labute approximate surface area is 156 Å². The van der Waals surface area contributed by atoms with Crippen LogP contribution in [-0.4, -0.2) is 18.6 Å². The number of rotatable bonds is 5. The normalized spacial score (nSPS) is 10.4. The Morgan fingerprint density at radius 2 is 1.72 bits per heavy atom. The fourth-order valence-corrected chi connectivity index (χ4v) is 2.32. The molecular formula is C18H18Cl2N2O3. The fraction of sp³-hybridized carbons (Fsp3) is 0.222. The van der Waals surface area contributed by atoms with Gasteiger partial charge in [0.25, 0.3) is 5.91 Å². The summed E-state index contributed by atoms with van der Waals surface area (Å²) in [5.41, 5.74) is 1.27. The molecule has 0 aromatic heterocycles. The molecule has 0 aliphatic rings. The molecule has 0 heterocycles. The molecule has 2 rings (SSSR count). The molecule has 0 unspecified atom stereocenters. The third-order valence-corrected chi connectivity index (χ3v) is 3.65. The number of amides is 2. The number of benzene rings is 2. The molecule has 5 nitrogen and oxygen atoms in total. The zero-order valence-corrected chi connectivity index (χ0v) is 15.3. The van der Waals surface area contributed by atoms with Crippen LogP contribution in [0.25, 0.3) is 0 Å². The Balaban J connectivity index is 2.04. The summed E-state index contributed by atoms with van der Waals surface area (Å²) in [4.78, 5) is 24.0. The van der Waals surface area contributed by atoms with E-state index in [-0.39, 0.29) is 11.5 Å². The van der Waals surface area contributed by atoms with Crippen LogP contribution in [0.1, 0.15) is 24.2 Å². The first-order valence-electron chi connectivity index (χ1n) is 7.65. The van der Waals surface area contributed by atoms with Crippen LogP contribution in [0.15, 0.2) is 42.5 Å². The van der Waals surface area contributed by atoms with Gasteiger partial charge < -0.3 is 10.1 Å². The molecule has 0 spiro atoms. The topological polar surface area (TPSA) is 67.4 Å². The monoisotopic (exact) mass is 380 g/mol. The van der Waals surface area contributed by atoms with E-state index in [2.05, 4.69) is 10.6 Å². The number of carbonyl (C=O) groups excluding carboxylic acids is 2. The van der Waals surface area contributed by atoms with Gasteiger partial charge in [0.15, 0.2) is 0 Å². The molecule has 0 radical (unpaired) electrons. The molecule has 25 heavy (non-hydrogen) atoms. The van der Waals surface area contributed by atoms with Gasteiger partial charge in [-0.2, -0.15) is 0 Å². The van der Waals surface area contributed by atoms with E-state index in [0.29, 0.717) is 28.0 Å². The second-order valence-electron chi connectivity index (χ2n) is 5.78. The van der Waals surface area contributed by atoms with E-state index in [9.17, 15) is 9.59 Å². The van der Waals surface area contributed by atoms with Gasteiger partial charge in [0.2, 0.25) is 0 Å². The first-order chi connectivity index (χ1) is 11.8. The molecule has 0 saturated carbocycles. The number of anilines is 2. The van der Waals surface area contributed by atoms with Gasteiger partial charge >= 0.3 is 6.09 Å². The first kappa shape index (κ1) is 19.1. The first-order valence-corrected chi connectivity index (χ1v) is 8.41. The van der Waals surface area contributed by atoms with E-state index in [1.807, 2.05) is 13.8 Å². The largest absolute Gasteiger partial charge is 0.449 e. The van der Waals surface area contributed by atoms with Crippen molar-refractivity contribution in [3.63, 3.8) is 0 Å². The summed E-state index contributed by atoms with van der Waals surface area (Å²) in [6.45, 7) is 4.23. The molecule has 0 aliphatic carbocycles. The number of carbonyl (C=O) groups is 2. The summed E-state index contributed by atoms with van der Waals surface area (Å²) in [6, 6.07) is 11.4. The van der Waals surface area contributed by atoms with Gasteiger partial charge in [-0.25, -0.2) is 4.79 Å². The van der Waals surface area contributed by atoms with Crippen LogP contribution in [0.5, 0.6) is 0 Å². The predicted octanol–water partition coefficient (Wildman–Crippen LogP) is 5.45. The van der Waals surface area contributed by atoms with Crippen molar-refractivity contribution >= 4 is 46.6 Å². The Morgan fingerprint density at radius 3 is 2.40 bits per heavy atom. The highest BCUT2D eigenvalue weighted by Gasteiger charge is 2.12. The lowest BCUT2D eigenvalue weighted by Crippen LogP contribution is -2.17. The molecule has 0 atom stereocenters. The number of ether oxygens (including phenoxy) is 1. The molecule has 0 fully saturated rings. The van der Waals surface area contributed by atoms with Crippen molar-refractivity contribution in [3.8, 4) is 0 Å². The van der Waals surface area contributed by atoms with Crippen molar-refractivity contribution in [3.05, 3.63) is 58.1 Å². The maximum absolute atomic E-state index is 12.3. The van der Waals surface area contributed by atoms with Gasteiger partial charge in [0.1, 0.15) is 0 Å². The molecule has 0 bridgehead atoms. The summed E-state index contributed by atoms with van der Waals surface area (Å²) in [7, 11) is 0. The van der Waals surface area contributed by atoms with E-state index in [1.165, 1.54) is 6.07 Å². The SMILES string of the molecule is CC(C)COC(=O)Nc1cccc(NC(=O)c2cc(Cl)ccc2Cl)c1. The van der Waals surface area contributed by atoms with Crippen molar-refractivity contribution in [2.45, 2.75) is 13.8 Å². The maximum Gasteiger partial charge on any atom is 0.411 e. The zero-order valence-electron chi connectivity index (χ0n) is 13.8. The van der Waals surface area contributed by atoms with Crippen LogP contribution >= 0.6 is 23.2 Å². The van der Waals surface area contributed by atoms with Gasteiger partial charge in [-0.3, -0.25) is 10.1 Å². The van der Waals surface area contributed by atoms with Crippen molar-refractivity contribution in [2.24, 2.45) is 5.92 Å². The highest BCUT2D eigenvalue weighted by atomic mass is 35.5. The average molecular weight is 381 g/mol. The number of halogens is 2. The second kappa shape index (κ2) is 8.74. The van der Waals surface area contributed by atoms with Crippen LogP contribution in [0.4, 0.5) is 16.2 Å². The van der Waals surface area contributed by atoms with E-state index in [1.54, 1.807) is 36.4 Å². The molecule has 2 amide bonds. The molecule has 2 N–H and O–H groups in total. The minimum absolute atomic E-state index is 0.249. The minimum atomic E-state index is -0.546. The van der Waals surface area contributed by atoms with E-state index < -0.39 is 12.0 Å². The van der Waals surface area contributed by atoms with E-state index in [4.69, 9.17) is 27.9 Å². The lowest BCUT2D eigenvalue weighted by atomic mass is 10.2. The predicted molar refractivity (Wildman–Crippen MR) is 101 cm³/mol. The lowest BCUT2D eigenvalue weighted by molar-refractivity contribution is 0.102. The van der Waals surface area contributed by atoms with Crippen LogP contribution < -0.4 is 10.6 Å². The summed E-state index contributed by atoms with van der Waals surface area (Å²) >= 11 is 11.9. The minimum Gasteiger partial charge on any atom is -0.449 e. The van der Waals surface area contributed by atoms with Gasteiger partial charge in [-0.1, -0.05) is 43.1 Å². The Bertz CT molecular complexity index is 779. The average Bonchev–Trinajstić information content (AvgIpc) is 2.55. The molecule has 0 aliphatic heterocycles. The van der Waals surface area contributed by atoms with Crippen molar-refractivity contribution in [2.75, 3.05) is 17.2 Å². The van der Waals surface area contributed by atoms with E-state index in [0.717, 1.165) is 0 Å². The summed E-state index contributed by atoms with van der Waals surface area (Å²) < 4.78 is 5.06. The highest BCUT2D eigenvalue weighted by Crippen LogP contribution is 2.22. The Hall–Kier alpha value is -2.24. The molecule has 132 valence electrons. The highest BCUT2D eigenvalue weighted by molar-refractivity contribution is 6.36. The number of hydrogen-bond acceptors (Lipinski definition) is 3. The van der Waals surface area contributed by atoms with Crippen LogP contribution in [0.3, 0.4) is 0 Å². The van der Waals surface area contributed by atoms with Crippen LogP contribution in [0, 0.1) is 5.92 Å². The third-order valence-electron chi connectivity index (χ3n) is 3.09. The van der Waals surface area contributed by atoms with Crippen LogP contribution in [-0.2, 0) is 4.74 Å². The molecular weight excluding hydrogens is 363 g/mol. The van der Waals surface area contributed by atoms with Crippen molar-refractivity contribution in [1.29, 1.82) is 0 Å². The molecule has 2 aromatic carbocycles. The standard InChI is InChI=1S/C18H18Cl2N2O3/c1-11(2)10-25-18(24)22-14-5-3-4-13(9-14)21-17(23)15-8-12(19)6-7-16(15)20/h3-9,11H,10H2,1-2H3,(H,21,23)(H,22,24). The fourth-order valence-electron chi connectivity index (χ4n) is 1.94. The summed E-state index contributed by atoms with van der Waals surface area (Å²) in [6.07, 6.45) is -0.546. The number of hydrogen-bond donors (Lipinski definition) is 2. The molecule has 0 saturated heterocycles. The Morgan fingerprint density at radius 1 is 1.04 bits per heavy atom. The van der Waals surface area contributed by atoms with Crippen molar-refractivity contribution in [1.82, 2.24) is 0 Å². The van der Waals surface area contributed by atoms with Gasteiger partial charge in [0, 0.05) is 16.4 Å². The zero-order chi connectivity index (χ0) is 18.4. The number of nitrogens with one attached hydrogen (secondary N) is 2. The van der Waals surface area contributed by atoms with E-state index >= 15 is 0 Å². The maximum atomic E-state index is 12.3. The van der Waals surface area contributed by atoms with Crippen molar-refractivity contribution < 1.29 is 14.3 Å². The van der Waals surface area contributed by atoms with Crippen LogP contribution in [0.2, 0.25) is 10.0 Å².